The van der Waals surface area contributed by atoms with Crippen LogP contribution in [0.4, 0.5) is 5.69 Å². The zero-order valence-corrected chi connectivity index (χ0v) is 16.2. The molecule has 0 bridgehead atoms. The minimum atomic E-state index is -3.46. The van der Waals surface area contributed by atoms with Gasteiger partial charge in [0, 0.05) is 32.0 Å². The van der Waals surface area contributed by atoms with Gasteiger partial charge in [-0.3, -0.25) is 9.78 Å². The average molecular weight is 401 g/mol. The van der Waals surface area contributed by atoms with E-state index in [1.165, 1.54) is 16.6 Å². The summed E-state index contributed by atoms with van der Waals surface area (Å²) in [6.45, 7) is 1.37. The Kier molecular flexibility index (Phi) is 6.05. The molecule has 4 N–H and O–H groups in total. The first kappa shape index (κ1) is 20.0. The SMILES string of the molecule is N=Cc1ncc(C(=O)NCc2ccc(S(=O)(=O)N3CCCCC3)cc2)cc1N. The highest BCUT2D eigenvalue weighted by Gasteiger charge is 2.25. The number of hydrogen-bond acceptors (Lipinski definition) is 6. The molecule has 0 unspecified atom stereocenters. The Hall–Kier alpha value is -2.78. The van der Waals surface area contributed by atoms with E-state index in [4.69, 9.17) is 11.1 Å². The first-order valence-corrected chi connectivity index (χ1v) is 10.5. The summed E-state index contributed by atoms with van der Waals surface area (Å²) in [5.74, 6) is -0.347. The molecule has 0 saturated carbocycles. The van der Waals surface area contributed by atoms with Crippen molar-refractivity contribution < 1.29 is 13.2 Å². The van der Waals surface area contributed by atoms with Crippen LogP contribution < -0.4 is 11.1 Å². The van der Waals surface area contributed by atoms with Gasteiger partial charge in [0.2, 0.25) is 10.0 Å². The van der Waals surface area contributed by atoms with E-state index in [1.54, 1.807) is 24.3 Å². The van der Waals surface area contributed by atoms with Crippen LogP contribution in [0.3, 0.4) is 0 Å². The van der Waals surface area contributed by atoms with Crippen molar-refractivity contribution in [2.24, 2.45) is 0 Å². The lowest BCUT2D eigenvalue weighted by molar-refractivity contribution is 0.0950. The number of hydrogen-bond donors (Lipinski definition) is 3. The Bertz CT molecular complexity index is 968. The number of benzene rings is 1. The van der Waals surface area contributed by atoms with Crippen molar-refractivity contribution in [3.05, 3.63) is 53.3 Å². The molecule has 28 heavy (non-hydrogen) atoms. The molecule has 1 fully saturated rings. The maximum Gasteiger partial charge on any atom is 0.253 e. The van der Waals surface area contributed by atoms with E-state index in [9.17, 15) is 13.2 Å². The van der Waals surface area contributed by atoms with Crippen LogP contribution in [0, 0.1) is 5.41 Å². The minimum Gasteiger partial charge on any atom is -0.397 e. The van der Waals surface area contributed by atoms with Crippen LogP contribution in [0.2, 0.25) is 0 Å². The second-order valence-corrected chi connectivity index (χ2v) is 8.57. The van der Waals surface area contributed by atoms with Crippen molar-refractivity contribution in [1.82, 2.24) is 14.6 Å². The van der Waals surface area contributed by atoms with E-state index in [2.05, 4.69) is 10.3 Å². The van der Waals surface area contributed by atoms with Crippen molar-refractivity contribution in [2.75, 3.05) is 18.8 Å². The van der Waals surface area contributed by atoms with Crippen molar-refractivity contribution >= 4 is 27.8 Å². The number of nitrogens with two attached hydrogens (primary N) is 1. The molecule has 1 aromatic heterocycles. The van der Waals surface area contributed by atoms with Gasteiger partial charge in [0.15, 0.2) is 0 Å². The summed E-state index contributed by atoms with van der Waals surface area (Å²) >= 11 is 0. The summed E-state index contributed by atoms with van der Waals surface area (Å²) in [6.07, 6.45) is 5.24. The molecular weight excluding hydrogens is 378 g/mol. The van der Waals surface area contributed by atoms with E-state index in [0.717, 1.165) is 31.0 Å². The second-order valence-electron chi connectivity index (χ2n) is 6.63. The van der Waals surface area contributed by atoms with Crippen molar-refractivity contribution in [3.8, 4) is 0 Å². The number of anilines is 1. The molecule has 1 aliphatic heterocycles. The molecule has 148 valence electrons. The predicted molar refractivity (Wildman–Crippen MR) is 107 cm³/mol. The summed E-state index contributed by atoms with van der Waals surface area (Å²) in [4.78, 5) is 16.5. The first-order valence-electron chi connectivity index (χ1n) is 9.05. The number of rotatable bonds is 6. The summed E-state index contributed by atoms with van der Waals surface area (Å²) in [7, 11) is -3.46. The van der Waals surface area contributed by atoms with E-state index in [1.807, 2.05) is 0 Å². The number of carbonyl (C=O) groups is 1. The molecule has 1 aliphatic rings. The molecular formula is C19H23N5O3S. The summed E-state index contributed by atoms with van der Waals surface area (Å²) < 4.78 is 26.8. The fraction of sp³-hybridized carbons (Fsp3) is 0.316. The molecule has 1 amide bonds. The molecule has 2 heterocycles. The molecule has 0 atom stereocenters. The average Bonchev–Trinajstić information content (AvgIpc) is 2.73. The number of nitrogens with zero attached hydrogens (tertiary/aromatic N) is 2. The third kappa shape index (κ3) is 4.37. The molecule has 1 aromatic carbocycles. The summed E-state index contributed by atoms with van der Waals surface area (Å²) in [6, 6.07) is 8.01. The minimum absolute atomic E-state index is 0.245. The Morgan fingerprint density at radius 2 is 1.89 bits per heavy atom. The lowest BCUT2D eigenvalue weighted by Crippen LogP contribution is -2.35. The maximum absolute atomic E-state index is 12.7. The highest BCUT2D eigenvalue weighted by molar-refractivity contribution is 7.89. The number of carbonyl (C=O) groups excluding carboxylic acids is 1. The molecule has 0 radical (unpaired) electrons. The Labute approximate surface area is 164 Å². The lowest BCUT2D eigenvalue weighted by atomic mass is 10.2. The van der Waals surface area contributed by atoms with Crippen molar-refractivity contribution in [3.63, 3.8) is 0 Å². The summed E-state index contributed by atoms with van der Waals surface area (Å²) in [5.41, 5.74) is 7.39. The molecule has 2 aromatic rings. The smallest absolute Gasteiger partial charge is 0.253 e. The largest absolute Gasteiger partial charge is 0.397 e. The standard InChI is InChI=1S/C19H23N5O3S/c20-11-18-17(21)10-15(13-22-18)19(25)23-12-14-4-6-16(7-5-14)28(26,27)24-8-2-1-3-9-24/h4-7,10-11,13,20H,1-3,8-9,12,21H2,(H,23,25). The van der Waals surface area contributed by atoms with Gasteiger partial charge in [0.1, 0.15) is 5.69 Å². The third-order valence-corrected chi connectivity index (χ3v) is 6.59. The van der Waals surface area contributed by atoms with Crippen LogP contribution in [0.15, 0.2) is 41.4 Å². The van der Waals surface area contributed by atoms with Crippen molar-refractivity contribution in [1.29, 1.82) is 5.41 Å². The summed E-state index contributed by atoms with van der Waals surface area (Å²) in [5, 5.41) is 9.92. The molecule has 8 nitrogen and oxygen atoms in total. The van der Waals surface area contributed by atoms with E-state index in [-0.39, 0.29) is 23.0 Å². The number of nitrogen functional groups attached to an aromatic ring is 1. The molecule has 3 rings (SSSR count). The number of sulfonamides is 1. The van der Waals surface area contributed by atoms with E-state index >= 15 is 0 Å². The van der Waals surface area contributed by atoms with Gasteiger partial charge in [0.25, 0.3) is 5.91 Å². The number of nitrogens with one attached hydrogen (secondary N) is 2. The van der Waals surface area contributed by atoms with Gasteiger partial charge in [0.05, 0.1) is 16.1 Å². The fourth-order valence-corrected chi connectivity index (χ4v) is 4.57. The Morgan fingerprint density at radius 3 is 2.50 bits per heavy atom. The Morgan fingerprint density at radius 1 is 1.21 bits per heavy atom. The maximum atomic E-state index is 12.7. The van der Waals surface area contributed by atoms with Gasteiger partial charge >= 0.3 is 0 Å². The monoisotopic (exact) mass is 401 g/mol. The quantitative estimate of drug-likeness (QED) is 0.635. The number of aromatic nitrogens is 1. The van der Waals surface area contributed by atoms with Crippen LogP contribution in [-0.2, 0) is 16.6 Å². The van der Waals surface area contributed by atoms with Crippen LogP contribution >= 0.6 is 0 Å². The topological polar surface area (TPSA) is 129 Å². The lowest BCUT2D eigenvalue weighted by Gasteiger charge is -2.25. The van der Waals surface area contributed by atoms with Crippen LogP contribution in [-0.4, -0.2) is 42.9 Å². The number of amides is 1. The normalized spacial score (nSPS) is 15.1. The second kappa shape index (κ2) is 8.49. The van der Waals surface area contributed by atoms with Crippen molar-refractivity contribution in [2.45, 2.75) is 30.7 Å². The molecule has 9 heteroatoms. The van der Waals surface area contributed by atoms with E-state index < -0.39 is 10.0 Å². The molecule has 1 saturated heterocycles. The Balaban J connectivity index is 1.63. The third-order valence-electron chi connectivity index (χ3n) is 4.68. The highest BCUT2D eigenvalue weighted by Crippen LogP contribution is 2.21. The molecule has 0 spiro atoms. The van der Waals surface area contributed by atoms with Gasteiger partial charge in [-0.2, -0.15) is 4.31 Å². The number of piperidine rings is 1. The highest BCUT2D eigenvalue weighted by atomic mass is 32.2. The van der Waals surface area contributed by atoms with Gasteiger partial charge < -0.3 is 16.5 Å². The molecule has 0 aliphatic carbocycles. The van der Waals surface area contributed by atoms with E-state index in [0.29, 0.717) is 24.3 Å². The van der Waals surface area contributed by atoms with Gasteiger partial charge in [-0.25, -0.2) is 8.42 Å². The predicted octanol–water partition coefficient (Wildman–Crippen LogP) is 1.77. The zero-order chi connectivity index (χ0) is 20.1. The zero-order valence-electron chi connectivity index (χ0n) is 15.4. The number of pyridine rings is 1. The fourth-order valence-electron chi connectivity index (χ4n) is 3.06. The van der Waals surface area contributed by atoms with Gasteiger partial charge in [-0.05, 0) is 36.6 Å². The van der Waals surface area contributed by atoms with Crippen LogP contribution in [0.5, 0.6) is 0 Å². The van der Waals surface area contributed by atoms with Crippen LogP contribution in [0.25, 0.3) is 0 Å². The van der Waals surface area contributed by atoms with Gasteiger partial charge in [-0.1, -0.05) is 18.6 Å². The van der Waals surface area contributed by atoms with Gasteiger partial charge in [-0.15, -0.1) is 0 Å². The first-order chi connectivity index (χ1) is 13.4. The van der Waals surface area contributed by atoms with Crippen LogP contribution in [0.1, 0.15) is 40.9 Å².